The standard InChI is InChI=1S/C18H30N4O2/c1-23-11-12-24-17-4-5-18(20-14-17)22-9-7-21(8-10-22)15-16-3-2-6-19-13-16/h4-5,14,16,19H,2-3,6-13,15H2,1H3. The number of ether oxygens (including phenoxy) is 2. The van der Waals surface area contributed by atoms with E-state index in [2.05, 4.69) is 26.2 Å². The molecule has 0 saturated carbocycles. The van der Waals surface area contributed by atoms with Gasteiger partial charge in [-0.2, -0.15) is 0 Å². The van der Waals surface area contributed by atoms with E-state index in [-0.39, 0.29) is 0 Å². The average Bonchev–Trinajstić information content (AvgIpc) is 2.64. The minimum absolute atomic E-state index is 0.562. The third-order valence-corrected chi connectivity index (χ3v) is 4.89. The monoisotopic (exact) mass is 334 g/mol. The Labute approximate surface area is 145 Å². The fourth-order valence-corrected chi connectivity index (χ4v) is 3.49. The Balaban J connectivity index is 1.42. The van der Waals surface area contributed by atoms with Crippen molar-refractivity contribution in [3.63, 3.8) is 0 Å². The number of hydrogen-bond acceptors (Lipinski definition) is 6. The zero-order valence-electron chi connectivity index (χ0n) is 14.7. The average molecular weight is 334 g/mol. The molecule has 0 spiro atoms. The van der Waals surface area contributed by atoms with Crippen molar-refractivity contribution in [3.05, 3.63) is 18.3 Å². The second-order valence-electron chi connectivity index (χ2n) is 6.69. The van der Waals surface area contributed by atoms with E-state index in [4.69, 9.17) is 9.47 Å². The lowest BCUT2D eigenvalue weighted by molar-refractivity contribution is 0.146. The van der Waals surface area contributed by atoms with Crippen LogP contribution in [0.25, 0.3) is 0 Å². The Morgan fingerprint density at radius 2 is 2.08 bits per heavy atom. The topological polar surface area (TPSA) is 49.9 Å². The molecular formula is C18H30N4O2. The van der Waals surface area contributed by atoms with Crippen LogP contribution in [0.15, 0.2) is 18.3 Å². The van der Waals surface area contributed by atoms with Crippen LogP contribution in [0.5, 0.6) is 5.75 Å². The Morgan fingerprint density at radius 1 is 1.21 bits per heavy atom. The summed E-state index contributed by atoms with van der Waals surface area (Å²) in [5.74, 6) is 2.68. The molecule has 1 aromatic heterocycles. The van der Waals surface area contributed by atoms with Crippen LogP contribution in [-0.2, 0) is 4.74 Å². The van der Waals surface area contributed by atoms with Gasteiger partial charge in [0, 0.05) is 39.8 Å². The van der Waals surface area contributed by atoms with Gasteiger partial charge in [0.15, 0.2) is 0 Å². The van der Waals surface area contributed by atoms with Gasteiger partial charge in [-0.3, -0.25) is 4.90 Å². The van der Waals surface area contributed by atoms with Crippen LogP contribution in [-0.4, -0.2) is 76.0 Å². The van der Waals surface area contributed by atoms with Crippen LogP contribution < -0.4 is 15.0 Å². The summed E-state index contributed by atoms with van der Waals surface area (Å²) >= 11 is 0. The molecule has 0 bridgehead atoms. The number of piperazine rings is 1. The van der Waals surface area contributed by atoms with Gasteiger partial charge in [-0.1, -0.05) is 0 Å². The molecule has 0 aliphatic carbocycles. The normalized spacial score (nSPS) is 22.5. The van der Waals surface area contributed by atoms with E-state index in [1.165, 1.54) is 32.5 Å². The van der Waals surface area contributed by atoms with Gasteiger partial charge in [-0.05, 0) is 44.0 Å². The number of hydrogen-bond donors (Lipinski definition) is 1. The van der Waals surface area contributed by atoms with Gasteiger partial charge < -0.3 is 19.7 Å². The van der Waals surface area contributed by atoms with Crippen molar-refractivity contribution < 1.29 is 9.47 Å². The quantitative estimate of drug-likeness (QED) is 0.757. The van der Waals surface area contributed by atoms with Crippen LogP contribution in [0.4, 0.5) is 5.82 Å². The Kier molecular flexibility index (Phi) is 6.69. The van der Waals surface area contributed by atoms with E-state index in [0.717, 1.165) is 43.7 Å². The molecule has 3 rings (SSSR count). The van der Waals surface area contributed by atoms with Crippen LogP contribution in [0.3, 0.4) is 0 Å². The zero-order chi connectivity index (χ0) is 16.6. The van der Waals surface area contributed by atoms with Crippen molar-refractivity contribution >= 4 is 5.82 Å². The molecule has 2 fully saturated rings. The highest BCUT2D eigenvalue weighted by molar-refractivity contribution is 5.41. The molecule has 1 unspecified atom stereocenters. The first-order valence-electron chi connectivity index (χ1n) is 9.11. The number of nitrogens with zero attached hydrogens (tertiary/aromatic N) is 3. The minimum Gasteiger partial charge on any atom is -0.490 e. The van der Waals surface area contributed by atoms with Gasteiger partial charge in [-0.25, -0.2) is 4.98 Å². The van der Waals surface area contributed by atoms with Gasteiger partial charge >= 0.3 is 0 Å². The molecule has 6 nitrogen and oxygen atoms in total. The van der Waals surface area contributed by atoms with E-state index < -0.39 is 0 Å². The SMILES string of the molecule is COCCOc1ccc(N2CCN(CC3CCCNC3)CC2)nc1. The molecule has 2 saturated heterocycles. The maximum absolute atomic E-state index is 5.57. The van der Waals surface area contributed by atoms with Gasteiger partial charge in [0.1, 0.15) is 18.2 Å². The Hall–Kier alpha value is -1.37. The van der Waals surface area contributed by atoms with Crippen LogP contribution in [0, 0.1) is 5.92 Å². The van der Waals surface area contributed by atoms with Crippen LogP contribution in [0.2, 0.25) is 0 Å². The summed E-state index contributed by atoms with van der Waals surface area (Å²) < 4.78 is 10.6. The van der Waals surface area contributed by atoms with E-state index in [1.54, 1.807) is 7.11 Å². The molecular weight excluding hydrogens is 304 g/mol. The van der Waals surface area contributed by atoms with Gasteiger partial charge in [0.05, 0.1) is 12.8 Å². The van der Waals surface area contributed by atoms with E-state index in [9.17, 15) is 0 Å². The van der Waals surface area contributed by atoms with Crippen molar-refractivity contribution in [1.29, 1.82) is 0 Å². The molecule has 1 atom stereocenters. The molecule has 0 aromatic carbocycles. The molecule has 24 heavy (non-hydrogen) atoms. The third kappa shape index (κ3) is 5.06. The second kappa shape index (κ2) is 9.20. The number of anilines is 1. The highest BCUT2D eigenvalue weighted by Crippen LogP contribution is 2.19. The fourth-order valence-electron chi connectivity index (χ4n) is 3.49. The first kappa shape index (κ1) is 17.5. The molecule has 1 aromatic rings. The van der Waals surface area contributed by atoms with E-state index >= 15 is 0 Å². The van der Waals surface area contributed by atoms with Crippen molar-refractivity contribution in [3.8, 4) is 5.75 Å². The van der Waals surface area contributed by atoms with Gasteiger partial charge in [0.25, 0.3) is 0 Å². The van der Waals surface area contributed by atoms with Crippen molar-refractivity contribution in [2.75, 3.05) is 71.0 Å². The Morgan fingerprint density at radius 3 is 2.75 bits per heavy atom. The summed E-state index contributed by atoms with van der Waals surface area (Å²) in [6.07, 6.45) is 4.51. The number of methoxy groups -OCH3 is 1. The smallest absolute Gasteiger partial charge is 0.137 e. The van der Waals surface area contributed by atoms with E-state index in [0.29, 0.717) is 13.2 Å². The Bertz CT molecular complexity index is 468. The number of aromatic nitrogens is 1. The van der Waals surface area contributed by atoms with E-state index in [1.807, 2.05) is 12.3 Å². The van der Waals surface area contributed by atoms with Gasteiger partial charge in [0.2, 0.25) is 0 Å². The lowest BCUT2D eigenvalue weighted by atomic mass is 9.99. The number of rotatable bonds is 7. The highest BCUT2D eigenvalue weighted by atomic mass is 16.5. The zero-order valence-corrected chi connectivity index (χ0v) is 14.7. The van der Waals surface area contributed by atoms with Crippen LogP contribution in [0.1, 0.15) is 12.8 Å². The second-order valence-corrected chi connectivity index (χ2v) is 6.69. The van der Waals surface area contributed by atoms with Gasteiger partial charge in [-0.15, -0.1) is 0 Å². The first-order chi connectivity index (χ1) is 11.8. The number of pyridine rings is 1. The maximum Gasteiger partial charge on any atom is 0.137 e. The minimum atomic E-state index is 0.562. The number of piperidine rings is 1. The van der Waals surface area contributed by atoms with Crippen molar-refractivity contribution in [2.45, 2.75) is 12.8 Å². The summed E-state index contributed by atoms with van der Waals surface area (Å²) in [6, 6.07) is 4.06. The third-order valence-electron chi connectivity index (χ3n) is 4.89. The first-order valence-corrected chi connectivity index (χ1v) is 9.11. The lowest BCUT2D eigenvalue weighted by Gasteiger charge is -2.37. The summed E-state index contributed by atoms with van der Waals surface area (Å²) in [5.41, 5.74) is 0. The van der Waals surface area contributed by atoms with Crippen molar-refractivity contribution in [2.24, 2.45) is 5.92 Å². The number of nitrogens with one attached hydrogen (secondary N) is 1. The molecule has 134 valence electrons. The molecule has 2 aliphatic heterocycles. The molecule has 2 aliphatic rings. The van der Waals surface area contributed by atoms with Crippen LogP contribution >= 0.6 is 0 Å². The maximum atomic E-state index is 5.57. The summed E-state index contributed by atoms with van der Waals surface area (Å²) in [7, 11) is 1.68. The predicted octanol–water partition coefficient (Wildman–Crippen LogP) is 1.23. The molecule has 3 heterocycles. The summed E-state index contributed by atoms with van der Waals surface area (Å²) in [4.78, 5) is 9.53. The molecule has 0 radical (unpaired) electrons. The van der Waals surface area contributed by atoms with Crippen molar-refractivity contribution in [1.82, 2.24) is 15.2 Å². The summed E-state index contributed by atoms with van der Waals surface area (Å²) in [5, 5.41) is 3.52. The lowest BCUT2D eigenvalue weighted by Crippen LogP contribution is -2.49. The molecule has 0 amide bonds. The highest BCUT2D eigenvalue weighted by Gasteiger charge is 2.21. The fraction of sp³-hybridized carbons (Fsp3) is 0.722. The largest absolute Gasteiger partial charge is 0.490 e. The molecule has 1 N–H and O–H groups in total. The molecule has 6 heteroatoms. The summed E-state index contributed by atoms with van der Waals surface area (Å²) in [6.45, 7) is 9.14. The predicted molar refractivity (Wildman–Crippen MR) is 95.9 cm³/mol.